The number of carbonyl (C=O) groups is 2. The minimum absolute atomic E-state index is 0.00137. The normalized spacial score (nSPS) is 18.1. The van der Waals surface area contributed by atoms with Gasteiger partial charge in [-0.3, -0.25) is 14.0 Å². The Morgan fingerprint density at radius 1 is 1.17 bits per heavy atom. The first-order valence-corrected chi connectivity index (χ1v) is 14.3. The van der Waals surface area contributed by atoms with Gasteiger partial charge in [-0.05, 0) is 63.6 Å². The van der Waals surface area contributed by atoms with Crippen LogP contribution < -0.4 is 20.5 Å². The fourth-order valence-corrected chi connectivity index (χ4v) is 5.72. The lowest BCUT2D eigenvalue weighted by atomic mass is 10.1. The molecule has 2 atom stereocenters. The molecule has 1 aliphatic carbocycles. The molecule has 2 amide bonds. The molecule has 0 unspecified atom stereocenters. The molecule has 216 valence electrons. The van der Waals surface area contributed by atoms with Crippen LogP contribution in [0.5, 0.6) is 11.8 Å². The summed E-state index contributed by atoms with van der Waals surface area (Å²) in [6.07, 6.45) is 3.51. The molecule has 5 heterocycles. The topological polar surface area (TPSA) is 129 Å². The van der Waals surface area contributed by atoms with Gasteiger partial charge < -0.3 is 30.0 Å². The predicted octanol–water partition coefficient (Wildman–Crippen LogP) is 3.15. The number of aromatic nitrogens is 4. The number of imidazole rings is 1. The van der Waals surface area contributed by atoms with Gasteiger partial charge in [-0.1, -0.05) is 0 Å². The predicted molar refractivity (Wildman–Crippen MR) is 155 cm³/mol. The smallest absolute Gasteiger partial charge is 0.260 e. The van der Waals surface area contributed by atoms with Crippen molar-refractivity contribution in [2.75, 3.05) is 27.2 Å². The van der Waals surface area contributed by atoms with Gasteiger partial charge in [0.15, 0.2) is 12.0 Å². The number of rotatable bonds is 8. The molecule has 2 fully saturated rings. The molecule has 2 aliphatic rings. The zero-order valence-electron chi connectivity index (χ0n) is 24.0. The van der Waals surface area contributed by atoms with Gasteiger partial charge in [-0.2, -0.15) is 4.98 Å². The van der Waals surface area contributed by atoms with Crippen molar-refractivity contribution in [3.63, 3.8) is 0 Å². The van der Waals surface area contributed by atoms with Crippen LogP contribution in [0.25, 0.3) is 28.1 Å². The van der Waals surface area contributed by atoms with Gasteiger partial charge in [-0.15, -0.1) is 0 Å². The summed E-state index contributed by atoms with van der Waals surface area (Å²) in [5.74, 6) is 1.24. The number of nitrogens with two attached hydrogens (primary N) is 1. The fraction of sp³-hybridized carbons (Fsp3) is 0.467. The standard InChI is InChI=1S/C30H37N7O4/c1-17-27(33-24-13-21(14-26(40-4)37(17)24)30(39)35-11-5-6-22(31)16-35)23-12-20-9-10-25(41-18(2)29(38)32-3)34-28(20)36(23)15-19-7-8-19/h9-10,12-14,18-19,22H,5-8,11,15-16,31H2,1-4H3,(H,32,38)/t18-,22-/m1/s1. The number of likely N-dealkylation sites (N-methyl/N-ethyl adjacent to an activating group) is 1. The molecular formula is C30H37N7O4. The molecule has 4 aromatic rings. The summed E-state index contributed by atoms with van der Waals surface area (Å²) in [6, 6.07) is 9.47. The van der Waals surface area contributed by atoms with Crippen LogP contribution in [-0.4, -0.2) is 75.0 Å². The minimum Gasteiger partial charge on any atom is -0.482 e. The lowest BCUT2D eigenvalue weighted by Crippen LogP contribution is -2.45. The lowest BCUT2D eigenvalue weighted by Gasteiger charge is -2.30. The number of piperidine rings is 1. The monoisotopic (exact) mass is 559 g/mol. The number of hydrogen-bond donors (Lipinski definition) is 2. The average molecular weight is 560 g/mol. The van der Waals surface area contributed by atoms with Crippen LogP contribution in [0.2, 0.25) is 0 Å². The van der Waals surface area contributed by atoms with Crippen molar-refractivity contribution in [1.29, 1.82) is 0 Å². The summed E-state index contributed by atoms with van der Waals surface area (Å²) in [6.45, 7) is 5.76. The highest BCUT2D eigenvalue weighted by Gasteiger charge is 2.28. The van der Waals surface area contributed by atoms with Crippen molar-refractivity contribution >= 4 is 28.5 Å². The van der Waals surface area contributed by atoms with Gasteiger partial charge >= 0.3 is 0 Å². The summed E-state index contributed by atoms with van der Waals surface area (Å²) in [4.78, 5) is 37.1. The summed E-state index contributed by atoms with van der Waals surface area (Å²) in [7, 11) is 3.19. The number of ether oxygens (including phenoxy) is 2. The summed E-state index contributed by atoms with van der Waals surface area (Å²) >= 11 is 0. The van der Waals surface area contributed by atoms with Crippen molar-refractivity contribution in [3.05, 3.63) is 41.6 Å². The van der Waals surface area contributed by atoms with Crippen LogP contribution in [0.4, 0.5) is 0 Å². The van der Waals surface area contributed by atoms with E-state index in [2.05, 4.69) is 16.0 Å². The first-order valence-electron chi connectivity index (χ1n) is 14.3. The van der Waals surface area contributed by atoms with E-state index in [0.717, 1.165) is 47.5 Å². The van der Waals surface area contributed by atoms with E-state index in [0.29, 0.717) is 42.0 Å². The zero-order valence-corrected chi connectivity index (χ0v) is 24.0. The number of amides is 2. The van der Waals surface area contributed by atoms with Crippen molar-refractivity contribution in [1.82, 2.24) is 29.2 Å². The van der Waals surface area contributed by atoms with Gasteiger partial charge in [0.25, 0.3) is 11.8 Å². The van der Waals surface area contributed by atoms with Gasteiger partial charge in [0.05, 0.1) is 18.5 Å². The molecule has 0 spiro atoms. The molecule has 0 bridgehead atoms. The molecular weight excluding hydrogens is 522 g/mol. The molecule has 1 aliphatic heterocycles. The van der Waals surface area contributed by atoms with Gasteiger partial charge in [0.1, 0.15) is 17.0 Å². The molecule has 0 radical (unpaired) electrons. The second-order valence-corrected chi connectivity index (χ2v) is 11.2. The van der Waals surface area contributed by atoms with E-state index < -0.39 is 6.10 Å². The largest absolute Gasteiger partial charge is 0.482 e. The Hall–Kier alpha value is -4.12. The number of nitrogens with one attached hydrogen (secondary N) is 1. The zero-order chi connectivity index (χ0) is 28.8. The Morgan fingerprint density at radius 2 is 1.98 bits per heavy atom. The molecule has 1 saturated heterocycles. The van der Waals surface area contributed by atoms with E-state index >= 15 is 0 Å². The maximum Gasteiger partial charge on any atom is 0.260 e. The number of hydrogen-bond acceptors (Lipinski definition) is 7. The van der Waals surface area contributed by atoms with Crippen molar-refractivity contribution in [2.45, 2.75) is 58.2 Å². The molecule has 3 N–H and O–H groups in total. The lowest BCUT2D eigenvalue weighted by molar-refractivity contribution is -0.126. The van der Waals surface area contributed by atoms with E-state index in [1.165, 1.54) is 12.8 Å². The maximum atomic E-state index is 13.4. The van der Waals surface area contributed by atoms with Crippen LogP contribution in [0, 0.1) is 12.8 Å². The highest BCUT2D eigenvalue weighted by Crippen LogP contribution is 2.37. The number of methoxy groups -OCH3 is 1. The van der Waals surface area contributed by atoms with Crippen LogP contribution in [0.3, 0.4) is 0 Å². The maximum absolute atomic E-state index is 13.4. The number of likely N-dealkylation sites (tertiary alicyclic amines) is 1. The second-order valence-electron chi connectivity index (χ2n) is 11.2. The van der Waals surface area contributed by atoms with Gasteiger partial charge in [-0.25, -0.2) is 4.98 Å². The second kappa shape index (κ2) is 10.7. The SMILES string of the molecule is CNC(=O)[C@@H](C)Oc1ccc2cc(-c3nc4cc(C(=O)N5CCC[C@@H](N)C5)cc(OC)n4c3C)n(CC3CC3)c2n1. The third kappa shape index (κ3) is 5.10. The van der Waals surface area contributed by atoms with Crippen LogP contribution in [0.15, 0.2) is 30.3 Å². The quantitative estimate of drug-likeness (QED) is 0.339. The van der Waals surface area contributed by atoms with Crippen LogP contribution >= 0.6 is 0 Å². The fourth-order valence-electron chi connectivity index (χ4n) is 5.72. The van der Waals surface area contributed by atoms with Gasteiger partial charge in [0.2, 0.25) is 5.88 Å². The van der Waals surface area contributed by atoms with E-state index in [1.807, 2.05) is 28.4 Å². The highest BCUT2D eigenvalue weighted by molar-refractivity contribution is 5.96. The van der Waals surface area contributed by atoms with Crippen molar-refractivity contribution in [3.8, 4) is 23.1 Å². The third-order valence-electron chi connectivity index (χ3n) is 8.13. The number of pyridine rings is 2. The Balaban J connectivity index is 1.43. The van der Waals surface area contributed by atoms with Crippen LogP contribution in [0.1, 0.15) is 48.7 Å². The number of carbonyl (C=O) groups excluding carboxylic acids is 2. The minimum atomic E-state index is -0.665. The van der Waals surface area contributed by atoms with E-state index in [-0.39, 0.29) is 17.9 Å². The van der Waals surface area contributed by atoms with Crippen LogP contribution in [-0.2, 0) is 11.3 Å². The number of nitrogens with zero attached hydrogens (tertiary/aromatic N) is 5. The average Bonchev–Trinajstić information content (AvgIpc) is 3.65. The van der Waals surface area contributed by atoms with Crippen molar-refractivity contribution in [2.24, 2.45) is 11.7 Å². The summed E-state index contributed by atoms with van der Waals surface area (Å²) in [5, 5.41) is 3.57. The van der Waals surface area contributed by atoms with E-state index in [9.17, 15) is 9.59 Å². The Kier molecular flexibility index (Phi) is 7.06. The molecule has 11 heteroatoms. The number of aryl methyl sites for hydroxylation is 1. The first-order chi connectivity index (χ1) is 19.8. The Labute approximate surface area is 238 Å². The van der Waals surface area contributed by atoms with Gasteiger partial charge in [0, 0.05) is 55.8 Å². The van der Waals surface area contributed by atoms with E-state index in [4.69, 9.17) is 25.2 Å². The Bertz CT molecular complexity index is 1640. The number of fused-ring (bicyclic) bond motifs is 2. The molecule has 4 aromatic heterocycles. The molecule has 0 aromatic carbocycles. The highest BCUT2D eigenvalue weighted by atomic mass is 16.5. The summed E-state index contributed by atoms with van der Waals surface area (Å²) < 4.78 is 15.8. The van der Waals surface area contributed by atoms with Crippen molar-refractivity contribution < 1.29 is 19.1 Å². The summed E-state index contributed by atoms with van der Waals surface area (Å²) in [5.41, 5.74) is 10.7. The van der Waals surface area contributed by atoms with E-state index in [1.54, 1.807) is 33.2 Å². The molecule has 11 nitrogen and oxygen atoms in total. The third-order valence-corrected chi connectivity index (χ3v) is 8.13. The molecule has 41 heavy (non-hydrogen) atoms. The molecule has 1 saturated carbocycles. The molecule has 6 rings (SSSR count). The Morgan fingerprint density at radius 3 is 2.68 bits per heavy atom. The first kappa shape index (κ1) is 27.1.